The molecule has 0 fully saturated rings. The fraction of sp³-hybridized carbons (Fsp3) is 0.143. The van der Waals surface area contributed by atoms with Gasteiger partial charge in [-0.15, -0.1) is 0 Å². The lowest BCUT2D eigenvalue weighted by Crippen LogP contribution is -2.07. The molecule has 7 heteroatoms. The van der Waals surface area contributed by atoms with Crippen molar-refractivity contribution in [1.82, 2.24) is 0 Å². The van der Waals surface area contributed by atoms with Crippen LogP contribution in [0.25, 0.3) is 0 Å². The zero-order chi connectivity index (χ0) is 20.1. The zero-order valence-electron chi connectivity index (χ0n) is 14.8. The van der Waals surface area contributed by atoms with Crippen LogP contribution in [-0.4, -0.2) is 9.85 Å². The van der Waals surface area contributed by atoms with Crippen molar-refractivity contribution in [1.29, 1.82) is 0 Å². The summed E-state index contributed by atoms with van der Waals surface area (Å²) in [7, 11) is 0. The Labute approximate surface area is 170 Å². The molecule has 0 aliphatic heterocycles. The summed E-state index contributed by atoms with van der Waals surface area (Å²) >= 11 is 3.49. The molecular weight excluding hydrogens is 424 g/mol. The maximum atomic E-state index is 11.1. The molecule has 0 saturated carbocycles. The lowest BCUT2D eigenvalue weighted by molar-refractivity contribution is -0.385. The van der Waals surface area contributed by atoms with Crippen LogP contribution < -0.4 is 0 Å². The van der Waals surface area contributed by atoms with Crippen LogP contribution in [0.15, 0.2) is 77.3 Å². The summed E-state index contributed by atoms with van der Waals surface area (Å²) in [5.41, 5.74) is 3.07. The summed E-state index contributed by atoms with van der Waals surface area (Å²) in [6.45, 7) is 0. The van der Waals surface area contributed by atoms with Crippen molar-refractivity contribution < 1.29 is 9.85 Å². The molecule has 6 nitrogen and oxygen atoms in total. The Morgan fingerprint density at radius 3 is 2.04 bits per heavy atom. The maximum Gasteiger partial charge on any atom is 0.269 e. The summed E-state index contributed by atoms with van der Waals surface area (Å²) in [6, 6.07) is 21.1. The van der Waals surface area contributed by atoms with Crippen molar-refractivity contribution in [2.45, 2.75) is 18.8 Å². The summed E-state index contributed by atoms with van der Waals surface area (Å²) in [6.07, 6.45) is 1.28. The van der Waals surface area contributed by atoms with Gasteiger partial charge in [0.05, 0.1) is 9.85 Å². The summed E-state index contributed by atoms with van der Waals surface area (Å²) < 4.78 is 0.956. The number of nitro groups is 2. The summed E-state index contributed by atoms with van der Waals surface area (Å²) in [5.74, 6) is 0.0703. The van der Waals surface area contributed by atoms with E-state index in [-0.39, 0.29) is 17.3 Å². The van der Waals surface area contributed by atoms with E-state index in [4.69, 9.17) is 0 Å². The van der Waals surface area contributed by atoms with E-state index >= 15 is 0 Å². The molecule has 28 heavy (non-hydrogen) atoms. The fourth-order valence-corrected chi connectivity index (χ4v) is 3.61. The lowest BCUT2D eigenvalue weighted by Gasteiger charge is -2.18. The first kappa shape index (κ1) is 19.7. The third-order valence-electron chi connectivity index (χ3n) is 4.55. The van der Waals surface area contributed by atoms with Crippen LogP contribution in [0.3, 0.4) is 0 Å². The largest absolute Gasteiger partial charge is 0.269 e. The van der Waals surface area contributed by atoms with Gasteiger partial charge in [-0.05, 0) is 47.6 Å². The van der Waals surface area contributed by atoms with E-state index in [1.807, 2.05) is 30.3 Å². The van der Waals surface area contributed by atoms with E-state index in [0.29, 0.717) is 12.8 Å². The second kappa shape index (κ2) is 8.75. The van der Waals surface area contributed by atoms with Crippen molar-refractivity contribution in [3.05, 3.63) is 114 Å². The van der Waals surface area contributed by atoms with Crippen molar-refractivity contribution >= 4 is 27.3 Å². The van der Waals surface area contributed by atoms with Crippen LogP contribution in [0.4, 0.5) is 11.4 Å². The Hall–Kier alpha value is -3.06. The Bertz CT molecular complexity index is 1010. The van der Waals surface area contributed by atoms with Crippen LogP contribution in [0.5, 0.6) is 0 Å². The molecule has 0 heterocycles. The van der Waals surface area contributed by atoms with Gasteiger partial charge in [-0.3, -0.25) is 20.2 Å². The van der Waals surface area contributed by atoms with Gasteiger partial charge >= 0.3 is 0 Å². The average molecular weight is 441 g/mol. The van der Waals surface area contributed by atoms with Crippen LogP contribution in [0, 0.1) is 20.2 Å². The molecule has 1 unspecified atom stereocenters. The van der Waals surface area contributed by atoms with E-state index in [1.54, 1.807) is 24.3 Å². The highest BCUT2D eigenvalue weighted by Gasteiger charge is 2.16. The van der Waals surface area contributed by atoms with E-state index < -0.39 is 9.85 Å². The minimum absolute atomic E-state index is 0.0569. The highest BCUT2D eigenvalue weighted by Crippen LogP contribution is 2.29. The number of hydrogen-bond acceptors (Lipinski definition) is 4. The van der Waals surface area contributed by atoms with Crippen molar-refractivity contribution in [2.24, 2.45) is 0 Å². The van der Waals surface area contributed by atoms with Crippen molar-refractivity contribution in [3.63, 3.8) is 0 Å². The third kappa shape index (κ3) is 5.01. The number of halogens is 1. The molecular formula is C21H17BrN2O4. The molecule has 0 bridgehead atoms. The highest BCUT2D eigenvalue weighted by molar-refractivity contribution is 9.10. The number of non-ortho nitro benzene ring substituents is 2. The molecule has 3 aromatic carbocycles. The standard InChI is InChI=1S/C21H17BrN2O4/c22-19-5-2-4-17(14-19)18(11-15-7-9-20(10-8-15)23(25)26)12-16-3-1-6-21(13-16)24(27)28/h1-10,13-14,18H,11-12H2. The van der Waals surface area contributed by atoms with Crippen LogP contribution in [-0.2, 0) is 12.8 Å². The Morgan fingerprint density at radius 2 is 1.39 bits per heavy atom. The van der Waals surface area contributed by atoms with Gasteiger partial charge in [-0.2, -0.15) is 0 Å². The summed E-state index contributed by atoms with van der Waals surface area (Å²) in [5, 5.41) is 21.9. The molecule has 0 radical (unpaired) electrons. The maximum absolute atomic E-state index is 11.1. The topological polar surface area (TPSA) is 86.3 Å². The smallest absolute Gasteiger partial charge is 0.258 e. The Morgan fingerprint density at radius 1 is 0.750 bits per heavy atom. The average Bonchev–Trinajstić information content (AvgIpc) is 2.68. The molecule has 3 aromatic rings. The predicted molar refractivity (Wildman–Crippen MR) is 110 cm³/mol. The lowest BCUT2D eigenvalue weighted by atomic mass is 9.86. The Kier molecular flexibility index (Phi) is 6.16. The second-order valence-corrected chi connectivity index (χ2v) is 7.43. The van der Waals surface area contributed by atoms with Gasteiger partial charge in [-0.1, -0.05) is 52.3 Å². The highest BCUT2D eigenvalue weighted by atomic mass is 79.9. The molecule has 0 aromatic heterocycles. The first-order valence-corrected chi connectivity index (χ1v) is 9.44. The minimum Gasteiger partial charge on any atom is -0.258 e. The van der Waals surface area contributed by atoms with Gasteiger partial charge < -0.3 is 0 Å². The van der Waals surface area contributed by atoms with Crippen LogP contribution in [0.1, 0.15) is 22.6 Å². The molecule has 142 valence electrons. The normalized spacial score (nSPS) is 11.8. The van der Waals surface area contributed by atoms with E-state index in [2.05, 4.69) is 15.9 Å². The van der Waals surface area contributed by atoms with Gasteiger partial charge in [-0.25, -0.2) is 0 Å². The molecule has 3 rings (SSSR count). The first-order valence-electron chi connectivity index (χ1n) is 8.64. The van der Waals surface area contributed by atoms with E-state index in [0.717, 1.165) is 21.2 Å². The zero-order valence-corrected chi connectivity index (χ0v) is 16.4. The minimum atomic E-state index is -0.418. The molecule has 0 amide bonds. The second-order valence-electron chi connectivity index (χ2n) is 6.51. The van der Waals surface area contributed by atoms with Crippen molar-refractivity contribution in [3.8, 4) is 0 Å². The van der Waals surface area contributed by atoms with Gasteiger partial charge in [0, 0.05) is 28.7 Å². The number of rotatable bonds is 7. The molecule has 0 aliphatic carbocycles. The molecule has 1 atom stereocenters. The SMILES string of the molecule is O=[N+]([O-])c1ccc(CC(Cc2cccc([N+](=O)[O-])c2)c2cccc(Br)c2)cc1. The molecule has 0 N–H and O–H groups in total. The fourth-order valence-electron chi connectivity index (χ4n) is 3.19. The van der Waals surface area contributed by atoms with Crippen LogP contribution in [0.2, 0.25) is 0 Å². The van der Waals surface area contributed by atoms with E-state index in [9.17, 15) is 20.2 Å². The first-order chi connectivity index (χ1) is 13.4. The van der Waals surface area contributed by atoms with Gasteiger partial charge in [0.15, 0.2) is 0 Å². The quantitative estimate of drug-likeness (QED) is 0.341. The van der Waals surface area contributed by atoms with Gasteiger partial charge in [0.1, 0.15) is 0 Å². The van der Waals surface area contributed by atoms with E-state index in [1.165, 1.54) is 18.2 Å². The van der Waals surface area contributed by atoms with Gasteiger partial charge in [0.2, 0.25) is 0 Å². The van der Waals surface area contributed by atoms with Gasteiger partial charge in [0.25, 0.3) is 11.4 Å². The number of nitro benzene ring substituents is 2. The number of benzene rings is 3. The summed E-state index contributed by atoms with van der Waals surface area (Å²) in [4.78, 5) is 21.1. The number of nitrogens with zero attached hydrogens (tertiary/aromatic N) is 2. The third-order valence-corrected chi connectivity index (χ3v) is 5.05. The predicted octanol–water partition coefficient (Wildman–Crippen LogP) is 5.83. The monoisotopic (exact) mass is 440 g/mol. The molecule has 0 saturated heterocycles. The number of hydrogen-bond donors (Lipinski definition) is 0. The Balaban J connectivity index is 1.90. The molecule has 0 aliphatic rings. The van der Waals surface area contributed by atoms with Crippen molar-refractivity contribution in [2.75, 3.05) is 0 Å². The molecule has 0 spiro atoms. The van der Waals surface area contributed by atoms with Crippen LogP contribution >= 0.6 is 15.9 Å².